The van der Waals surface area contributed by atoms with Gasteiger partial charge in [-0.2, -0.15) is 0 Å². The van der Waals surface area contributed by atoms with Crippen molar-refractivity contribution in [3.63, 3.8) is 0 Å². The summed E-state index contributed by atoms with van der Waals surface area (Å²) in [6.45, 7) is 2.73. The van der Waals surface area contributed by atoms with Crippen LogP contribution < -0.4 is 15.0 Å². The maximum absolute atomic E-state index is 12.2. The van der Waals surface area contributed by atoms with Gasteiger partial charge in [0.25, 0.3) is 5.91 Å². The number of nitrogens with zero attached hydrogens (tertiary/aromatic N) is 1. The summed E-state index contributed by atoms with van der Waals surface area (Å²) in [4.78, 5) is 25.8. The maximum atomic E-state index is 12.2. The molecule has 2 aromatic rings. The maximum Gasteiger partial charge on any atom is 0.265 e. The Balaban J connectivity index is 1.72. The molecule has 0 fully saturated rings. The molecule has 5 nitrogen and oxygen atoms in total. The average molecular weight is 324 g/mol. The average Bonchev–Trinajstić information content (AvgIpc) is 2.58. The molecule has 0 unspecified atom stereocenters. The fourth-order valence-corrected chi connectivity index (χ4v) is 2.74. The van der Waals surface area contributed by atoms with Gasteiger partial charge in [-0.05, 0) is 24.1 Å². The second kappa shape index (κ2) is 7.17. The molecule has 0 saturated carbocycles. The summed E-state index contributed by atoms with van der Waals surface area (Å²) in [6, 6.07) is 15.0. The van der Waals surface area contributed by atoms with Gasteiger partial charge in [0.15, 0.2) is 6.61 Å². The highest BCUT2D eigenvalue weighted by atomic mass is 16.5. The molecule has 0 aliphatic carbocycles. The Bertz CT molecular complexity index is 744. The van der Waals surface area contributed by atoms with Crippen LogP contribution in [0.4, 0.5) is 11.4 Å². The van der Waals surface area contributed by atoms with Crippen molar-refractivity contribution in [2.45, 2.75) is 19.8 Å². The fourth-order valence-electron chi connectivity index (χ4n) is 2.74. The molecule has 0 aromatic heterocycles. The van der Waals surface area contributed by atoms with Crippen LogP contribution >= 0.6 is 0 Å². The number of rotatable bonds is 5. The minimum atomic E-state index is -0.0848. The highest BCUT2D eigenvalue weighted by molar-refractivity contribution is 5.99. The molecule has 2 aromatic carbocycles. The summed E-state index contributed by atoms with van der Waals surface area (Å²) in [7, 11) is 0. The van der Waals surface area contributed by atoms with Crippen LogP contribution in [-0.4, -0.2) is 25.0 Å². The Hall–Kier alpha value is -2.82. The molecule has 2 amide bonds. The lowest BCUT2D eigenvalue weighted by atomic mass is 10.1. The lowest BCUT2D eigenvalue weighted by Crippen LogP contribution is -2.39. The zero-order valence-corrected chi connectivity index (χ0v) is 13.6. The van der Waals surface area contributed by atoms with Crippen LogP contribution in [0.3, 0.4) is 0 Å². The van der Waals surface area contributed by atoms with Crippen LogP contribution in [-0.2, 0) is 16.0 Å². The number of ether oxygens (including phenoxy) is 1. The second-order valence-electron chi connectivity index (χ2n) is 5.73. The molecule has 0 saturated heterocycles. The Morgan fingerprint density at radius 3 is 2.75 bits per heavy atom. The number of hydrogen-bond acceptors (Lipinski definition) is 3. The lowest BCUT2D eigenvalue weighted by Gasteiger charge is -2.29. The van der Waals surface area contributed by atoms with Gasteiger partial charge < -0.3 is 15.0 Å². The molecule has 5 heteroatoms. The Morgan fingerprint density at radius 1 is 1.21 bits per heavy atom. The predicted octanol–water partition coefficient (Wildman–Crippen LogP) is 3.00. The van der Waals surface area contributed by atoms with Crippen molar-refractivity contribution in [3.05, 3.63) is 54.1 Å². The van der Waals surface area contributed by atoms with Crippen molar-refractivity contribution >= 4 is 23.2 Å². The molecule has 0 atom stereocenters. The van der Waals surface area contributed by atoms with E-state index in [-0.39, 0.29) is 18.4 Å². The van der Waals surface area contributed by atoms with Gasteiger partial charge in [0.1, 0.15) is 5.75 Å². The Morgan fingerprint density at radius 2 is 2.00 bits per heavy atom. The van der Waals surface area contributed by atoms with E-state index in [1.165, 1.54) is 0 Å². The smallest absolute Gasteiger partial charge is 0.265 e. The molecule has 0 spiro atoms. The molecule has 1 aliphatic rings. The predicted molar refractivity (Wildman–Crippen MR) is 93.4 cm³/mol. The monoisotopic (exact) mass is 324 g/mol. The van der Waals surface area contributed by atoms with Crippen molar-refractivity contribution in [3.8, 4) is 5.75 Å². The number of carbonyl (C=O) groups is 2. The minimum absolute atomic E-state index is 0.0361. The van der Waals surface area contributed by atoms with Gasteiger partial charge in [0.2, 0.25) is 5.91 Å². The van der Waals surface area contributed by atoms with Crippen molar-refractivity contribution in [1.82, 2.24) is 0 Å². The van der Waals surface area contributed by atoms with Crippen LogP contribution in [0.5, 0.6) is 5.75 Å². The van der Waals surface area contributed by atoms with E-state index in [0.717, 1.165) is 17.7 Å². The van der Waals surface area contributed by atoms with Gasteiger partial charge in [-0.15, -0.1) is 0 Å². The molecule has 1 heterocycles. The number of fused-ring (bicyclic) bond motifs is 1. The van der Waals surface area contributed by atoms with Crippen molar-refractivity contribution < 1.29 is 14.3 Å². The van der Waals surface area contributed by atoms with E-state index < -0.39 is 0 Å². The normalized spacial score (nSPS) is 13.2. The number of benzene rings is 2. The fraction of sp³-hybridized carbons (Fsp3) is 0.263. The van der Waals surface area contributed by atoms with E-state index >= 15 is 0 Å². The number of amides is 2. The first kappa shape index (κ1) is 16.1. The first-order valence-electron chi connectivity index (χ1n) is 8.08. The third kappa shape index (κ3) is 3.56. The molecule has 24 heavy (non-hydrogen) atoms. The number of nitrogens with one attached hydrogen (secondary N) is 1. The summed E-state index contributed by atoms with van der Waals surface area (Å²) in [5.41, 5.74) is 2.39. The van der Waals surface area contributed by atoms with Gasteiger partial charge in [-0.1, -0.05) is 37.3 Å². The number of carbonyl (C=O) groups excluding carboxylic acids is 2. The highest BCUT2D eigenvalue weighted by Crippen LogP contribution is 2.34. The minimum Gasteiger partial charge on any atom is -0.481 e. The van der Waals surface area contributed by atoms with Gasteiger partial charge in [-0.25, -0.2) is 0 Å². The Labute approximate surface area is 141 Å². The summed E-state index contributed by atoms with van der Waals surface area (Å²) < 4.78 is 5.51. The van der Waals surface area contributed by atoms with Crippen molar-refractivity contribution in [2.24, 2.45) is 0 Å². The van der Waals surface area contributed by atoms with E-state index in [9.17, 15) is 9.59 Å². The van der Waals surface area contributed by atoms with Crippen molar-refractivity contribution in [2.75, 3.05) is 23.4 Å². The van der Waals surface area contributed by atoms with Crippen LogP contribution in [0.2, 0.25) is 0 Å². The van der Waals surface area contributed by atoms with Gasteiger partial charge in [0, 0.05) is 18.3 Å². The van der Waals surface area contributed by atoms with Crippen molar-refractivity contribution in [1.29, 1.82) is 0 Å². The third-order valence-electron chi connectivity index (χ3n) is 3.84. The Kier molecular flexibility index (Phi) is 4.79. The zero-order valence-electron chi connectivity index (χ0n) is 13.6. The molecule has 0 bridgehead atoms. The molecular formula is C19H20N2O3. The second-order valence-corrected chi connectivity index (χ2v) is 5.73. The molecular weight excluding hydrogens is 304 g/mol. The lowest BCUT2D eigenvalue weighted by molar-refractivity contribution is -0.121. The summed E-state index contributed by atoms with van der Waals surface area (Å²) in [6.07, 6.45) is 1.19. The standard InChI is InChI=1S/C19H20N2O3/c1-2-10-21-16-9-8-15(12-17(16)24-13-19(21)23)20-18(22)11-14-6-4-3-5-7-14/h3-9,12H,2,10-11,13H2,1H3,(H,20,22). The van der Waals surface area contributed by atoms with E-state index in [4.69, 9.17) is 4.74 Å². The molecule has 1 aliphatic heterocycles. The van der Waals surface area contributed by atoms with E-state index in [0.29, 0.717) is 24.4 Å². The molecule has 124 valence electrons. The molecule has 1 N–H and O–H groups in total. The summed E-state index contributed by atoms with van der Waals surface area (Å²) >= 11 is 0. The molecule has 0 radical (unpaired) electrons. The summed E-state index contributed by atoms with van der Waals surface area (Å²) in [5.74, 6) is 0.504. The zero-order chi connectivity index (χ0) is 16.9. The number of hydrogen-bond donors (Lipinski definition) is 1. The van der Waals surface area contributed by atoms with Crippen LogP contribution in [0.25, 0.3) is 0 Å². The van der Waals surface area contributed by atoms with Crippen LogP contribution in [0.1, 0.15) is 18.9 Å². The first-order valence-corrected chi connectivity index (χ1v) is 8.08. The largest absolute Gasteiger partial charge is 0.481 e. The first-order chi connectivity index (χ1) is 11.7. The van der Waals surface area contributed by atoms with Gasteiger partial charge in [-0.3, -0.25) is 9.59 Å². The quantitative estimate of drug-likeness (QED) is 0.920. The molecule has 3 rings (SSSR count). The van der Waals surface area contributed by atoms with Gasteiger partial charge >= 0.3 is 0 Å². The van der Waals surface area contributed by atoms with E-state index in [2.05, 4.69) is 5.32 Å². The van der Waals surface area contributed by atoms with E-state index in [1.54, 1.807) is 17.0 Å². The summed E-state index contributed by atoms with van der Waals surface area (Å²) in [5, 5.41) is 2.88. The topological polar surface area (TPSA) is 58.6 Å². The van der Waals surface area contributed by atoms with Gasteiger partial charge in [0.05, 0.1) is 12.1 Å². The SMILES string of the molecule is CCCN1C(=O)COc2cc(NC(=O)Cc3ccccc3)ccc21. The van der Waals surface area contributed by atoms with Crippen LogP contribution in [0, 0.1) is 0 Å². The van der Waals surface area contributed by atoms with E-state index in [1.807, 2.05) is 43.3 Å². The number of anilines is 2. The van der Waals surface area contributed by atoms with Crippen LogP contribution in [0.15, 0.2) is 48.5 Å². The highest BCUT2D eigenvalue weighted by Gasteiger charge is 2.25. The third-order valence-corrected chi connectivity index (χ3v) is 3.84.